The van der Waals surface area contributed by atoms with Gasteiger partial charge in [-0.3, -0.25) is 14.6 Å². The second kappa shape index (κ2) is 6.43. The van der Waals surface area contributed by atoms with E-state index in [0.29, 0.717) is 23.4 Å². The van der Waals surface area contributed by atoms with E-state index in [1.807, 2.05) is 0 Å². The van der Waals surface area contributed by atoms with Gasteiger partial charge in [-0.15, -0.1) is 0 Å². The maximum Gasteiger partial charge on any atom is 0.305 e. The van der Waals surface area contributed by atoms with Gasteiger partial charge in [-0.2, -0.15) is 0 Å². The molecule has 1 saturated carbocycles. The number of hydrogen-bond acceptors (Lipinski definition) is 3. The Labute approximate surface area is 128 Å². The SMILES string of the molecule is CN(C(=O)c1cnccc1Cl)C1(CC(=O)O)CCCCC1. The van der Waals surface area contributed by atoms with E-state index < -0.39 is 11.5 Å². The molecule has 1 aromatic heterocycles. The Morgan fingerprint density at radius 2 is 2.05 bits per heavy atom. The number of carbonyl (C=O) groups excluding carboxylic acids is 1. The third kappa shape index (κ3) is 3.35. The lowest BCUT2D eigenvalue weighted by Gasteiger charge is -2.44. The summed E-state index contributed by atoms with van der Waals surface area (Å²) >= 11 is 6.05. The molecule has 6 heteroatoms. The summed E-state index contributed by atoms with van der Waals surface area (Å²) in [4.78, 5) is 29.4. The average Bonchev–Trinajstić information content (AvgIpc) is 2.46. The zero-order valence-corrected chi connectivity index (χ0v) is 12.8. The summed E-state index contributed by atoms with van der Waals surface area (Å²) in [7, 11) is 1.67. The lowest BCUT2D eigenvalue weighted by atomic mass is 9.78. The Balaban J connectivity index is 2.29. The first-order valence-electron chi connectivity index (χ1n) is 7.06. The maximum atomic E-state index is 12.7. The van der Waals surface area contributed by atoms with Gasteiger partial charge >= 0.3 is 5.97 Å². The minimum absolute atomic E-state index is 0.0346. The van der Waals surface area contributed by atoms with Crippen LogP contribution in [0.25, 0.3) is 0 Å². The van der Waals surface area contributed by atoms with E-state index >= 15 is 0 Å². The van der Waals surface area contributed by atoms with Crippen LogP contribution in [0, 0.1) is 0 Å². The molecule has 1 N–H and O–H groups in total. The lowest BCUT2D eigenvalue weighted by Crippen LogP contribution is -2.52. The van der Waals surface area contributed by atoms with Crippen molar-refractivity contribution in [3.8, 4) is 0 Å². The van der Waals surface area contributed by atoms with Crippen molar-refractivity contribution < 1.29 is 14.7 Å². The molecular weight excluding hydrogens is 292 g/mol. The van der Waals surface area contributed by atoms with E-state index in [4.69, 9.17) is 11.6 Å². The molecule has 0 aromatic carbocycles. The molecule has 0 aliphatic heterocycles. The van der Waals surface area contributed by atoms with Crippen LogP contribution >= 0.6 is 11.6 Å². The summed E-state index contributed by atoms with van der Waals surface area (Å²) in [5.41, 5.74) is -0.308. The number of pyridine rings is 1. The predicted molar refractivity (Wildman–Crippen MR) is 79.4 cm³/mol. The standard InChI is InChI=1S/C15H19ClN2O3/c1-18(14(21)11-10-17-8-5-12(11)16)15(9-13(19)20)6-3-2-4-7-15/h5,8,10H,2-4,6-7,9H2,1H3,(H,19,20). The Hall–Kier alpha value is -1.62. The number of carboxylic acids is 1. The van der Waals surface area contributed by atoms with Gasteiger partial charge in [-0.1, -0.05) is 30.9 Å². The van der Waals surface area contributed by atoms with Crippen LogP contribution in [0.15, 0.2) is 18.5 Å². The van der Waals surface area contributed by atoms with Crippen molar-refractivity contribution in [1.29, 1.82) is 0 Å². The van der Waals surface area contributed by atoms with Crippen LogP contribution in [0.1, 0.15) is 48.9 Å². The van der Waals surface area contributed by atoms with E-state index in [1.165, 1.54) is 12.4 Å². The first-order valence-corrected chi connectivity index (χ1v) is 7.43. The molecule has 0 radical (unpaired) electrons. The van der Waals surface area contributed by atoms with Crippen LogP contribution in [0.5, 0.6) is 0 Å². The molecule has 0 unspecified atom stereocenters. The Morgan fingerprint density at radius 1 is 1.38 bits per heavy atom. The van der Waals surface area contributed by atoms with Crippen LogP contribution in [0.2, 0.25) is 5.02 Å². The normalized spacial score (nSPS) is 17.2. The van der Waals surface area contributed by atoms with Crippen LogP contribution < -0.4 is 0 Å². The largest absolute Gasteiger partial charge is 0.481 e. The smallest absolute Gasteiger partial charge is 0.305 e. The summed E-state index contributed by atoms with van der Waals surface area (Å²) in [5.74, 6) is -1.15. The molecule has 0 bridgehead atoms. The molecule has 0 spiro atoms. The highest BCUT2D eigenvalue weighted by molar-refractivity contribution is 6.33. The molecule has 2 rings (SSSR count). The molecular formula is C15H19ClN2O3. The fourth-order valence-electron chi connectivity index (χ4n) is 3.05. The number of amides is 1. The molecule has 114 valence electrons. The van der Waals surface area contributed by atoms with Crippen LogP contribution in [-0.2, 0) is 4.79 Å². The summed E-state index contributed by atoms with van der Waals surface area (Å²) in [6, 6.07) is 1.56. The van der Waals surface area contributed by atoms with E-state index in [-0.39, 0.29) is 12.3 Å². The van der Waals surface area contributed by atoms with Crippen molar-refractivity contribution in [2.24, 2.45) is 0 Å². The molecule has 1 amide bonds. The second-order valence-electron chi connectivity index (χ2n) is 5.58. The molecule has 0 saturated heterocycles. The van der Waals surface area contributed by atoms with Gasteiger partial charge in [0, 0.05) is 19.4 Å². The summed E-state index contributed by atoms with van der Waals surface area (Å²) in [5, 5.41) is 9.55. The number of rotatable bonds is 4. The molecule has 5 nitrogen and oxygen atoms in total. The van der Waals surface area contributed by atoms with Gasteiger partial charge in [0.25, 0.3) is 5.91 Å². The van der Waals surface area contributed by atoms with Gasteiger partial charge in [-0.05, 0) is 18.9 Å². The summed E-state index contributed by atoms with van der Waals surface area (Å²) < 4.78 is 0. The molecule has 1 heterocycles. The molecule has 1 aliphatic rings. The number of nitrogens with zero attached hydrogens (tertiary/aromatic N) is 2. The number of aromatic nitrogens is 1. The Bertz CT molecular complexity index is 541. The Morgan fingerprint density at radius 3 is 2.62 bits per heavy atom. The number of carboxylic acid groups (broad SMARTS) is 1. The van der Waals surface area contributed by atoms with Crippen molar-refractivity contribution in [3.05, 3.63) is 29.0 Å². The van der Waals surface area contributed by atoms with E-state index in [0.717, 1.165) is 19.3 Å². The average molecular weight is 311 g/mol. The third-order valence-electron chi connectivity index (χ3n) is 4.28. The Kier molecular flexibility index (Phi) is 4.83. The fourth-order valence-corrected chi connectivity index (χ4v) is 3.24. The van der Waals surface area contributed by atoms with E-state index in [9.17, 15) is 14.7 Å². The van der Waals surface area contributed by atoms with Crippen molar-refractivity contribution in [2.45, 2.75) is 44.1 Å². The van der Waals surface area contributed by atoms with Gasteiger partial charge < -0.3 is 10.0 Å². The van der Waals surface area contributed by atoms with Gasteiger partial charge in [0.15, 0.2) is 0 Å². The van der Waals surface area contributed by atoms with Crippen molar-refractivity contribution >= 4 is 23.5 Å². The zero-order valence-electron chi connectivity index (χ0n) is 12.0. The van der Waals surface area contributed by atoms with Gasteiger partial charge in [0.1, 0.15) is 0 Å². The van der Waals surface area contributed by atoms with Crippen molar-refractivity contribution in [3.63, 3.8) is 0 Å². The molecule has 1 aliphatic carbocycles. The highest BCUT2D eigenvalue weighted by atomic mass is 35.5. The van der Waals surface area contributed by atoms with Crippen LogP contribution in [0.3, 0.4) is 0 Å². The topological polar surface area (TPSA) is 70.5 Å². The van der Waals surface area contributed by atoms with Crippen molar-refractivity contribution in [2.75, 3.05) is 7.05 Å². The van der Waals surface area contributed by atoms with Crippen molar-refractivity contribution in [1.82, 2.24) is 9.88 Å². The number of hydrogen-bond donors (Lipinski definition) is 1. The molecule has 21 heavy (non-hydrogen) atoms. The molecule has 1 aromatic rings. The fraction of sp³-hybridized carbons (Fsp3) is 0.533. The second-order valence-corrected chi connectivity index (χ2v) is 5.98. The highest BCUT2D eigenvalue weighted by Crippen LogP contribution is 2.37. The number of halogens is 1. The quantitative estimate of drug-likeness (QED) is 0.928. The van der Waals surface area contributed by atoms with E-state index in [2.05, 4.69) is 4.98 Å². The highest BCUT2D eigenvalue weighted by Gasteiger charge is 2.41. The zero-order chi connectivity index (χ0) is 15.5. The number of aliphatic carboxylic acids is 1. The maximum absolute atomic E-state index is 12.7. The van der Waals surface area contributed by atoms with E-state index in [1.54, 1.807) is 18.0 Å². The number of carbonyl (C=O) groups is 2. The molecule has 0 atom stereocenters. The lowest BCUT2D eigenvalue weighted by molar-refractivity contribution is -0.140. The predicted octanol–water partition coefficient (Wildman–Crippen LogP) is 2.98. The first-order chi connectivity index (χ1) is 9.96. The van der Waals surface area contributed by atoms with Crippen LogP contribution in [0.4, 0.5) is 0 Å². The first kappa shape index (κ1) is 15.8. The van der Waals surface area contributed by atoms with Gasteiger partial charge in [0.2, 0.25) is 0 Å². The monoisotopic (exact) mass is 310 g/mol. The van der Waals surface area contributed by atoms with Gasteiger partial charge in [0.05, 0.1) is 22.5 Å². The molecule has 1 fully saturated rings. The van der Waals surface area contributed by atoms with Gasteiger partial charge in [-0.25, -0.2) is 0 Å². The van der Waals surface area contributed by atoms with Crippen LogP contribution in [-0.4, -0.2) is 39.5 Å². The summed E-state index contributed by atoms with van der Waals surface area (Å²) in [6.07, 6.45) is 7.28. The minimum atomic E-state index is -0.881. The summed E-state index contributed by atoms with van der Waals surface area (Å²) in [6.45, 7) is 0. The minimum Gasteiger partial charge on any atom is -0.481 e. The third-order valence-corrected chi connectivity index (χ3v) is 4.61.